The monoisotopic (exact) mass is 315 g/mol. The molecule has 0 saturated carbocycles. The van der Waals surface area contributed by atoms with Crippen LogP contribution in [-0.2, 0) is 16.4 Å². The van der Waals surface area contributed by atoms with Crippen LogP contribution in [-0.4, -0.2) is 33.4 Å². The van der Waals surface area contributed by atoms with Gasteiger partial charge in [0.1, 0.15) is 12.4 Å². The van der Waals surface area contributed by atoms with E-state index in [2.05, 4.69) is 20.3 Å². The fourth-order valence-electron chi connectivity index (χ4n) is 1.88. The van der Waals surface area contributed by atoms with Crippen LogP contribution in [0.3, 0.4) is 0 Å². The largest absolute Gasteiger partial charge is 0.243 e. The van der Waals surface area contributed by atoms with E-state index in [1.54, 1.807) is 42.7 Å². The maximum Gasteiger partial charge on any atom is 0.227 e. The van der Waals surface area contributed by atoms with E-state index in [0.29, 0.717) is 5.82 Å². The molecule has 2 aromatic heterocycles. The van der Waals surface area contributed by atoms with Gasteiger partial charge in [0.25, 0.3) is 0 Å². The highest BCUT2D eigenvalue weighted by Gasteiger charge is 2.21. The van der Waals surface area contributed by atoms with Crippen LogP contribution in [0.2, 0.25) is 0 Å². The molecule has 0 radical (unpaired) electrons. The van der Waals surface area contributed by atoms with E-state index in [-0.39, 0.29) is 16.5 Å². The fourth-order valence-corrected chi connectivity index (χ4v) is 3.02. The minimum Gasteiger partial charge on any atom is -0.243 e. The summed E-state index contributed by atoms with van der Waals surface area (Å²) in [6.45, 7) is 2.16. The zero-order valence-electron chi connectivity index (χ0n) is 11.8. The zero-order valence-corrected chi connectivity index (χ0v) is 12.6. The lowest BCUT2D eigenvalue weighted by atomic mass is 10.2. The molecule has 8 heteroatoms. The lowest BCUT2D eigenvalue weighted by Crippen LogP contribution is -2.04. The van der Waals surface area contributed by atoms with Crippen molar-refractivity contribution in [1.29, 1.82) is 0 Å². The second-order valence-corrected chi connectivity index (χ2v) is 6.63. The van der Waals surface area contributed by atoms with Crippen molar-refractivity contribution in [2.24, 2.45) is 0 Å². The summed E-state index contributed by atoms with van der Waals surface area (Å²) in [5.74, 6) is 0.534. The second-order valence-electron chi connectivity index (χ2n) is 4.74. The average molecular weight is 315 g/mol. The van der Waals surface area contributed by atoms with Crippen molar-refractivity contribution in [2.45, 2.75) is 23.4 Å². The number of hydrogen-bond donors (Lipinski definition) is 0. The van der Waals surface area contributed by atoms with Gasteiger partial charge in [-0.1, -0.05) is 22.9 Å². The Morgan fingerprint density at radius 3 is 2.45 bits per heavy atom. The summed E-state index contributed by atoms with van der Waals surface area (Å²) >= 11 is 0. The van der Waals surface area contributed by atoms with Crippen molar-refractivity contribution in [1.82, 2.24) is 25.0 Å². The fraction of sp³-hybridized carbons (Fsp3) is 0.143. The number of benzene rings is 1. The molecule has 0 fully saturated rings. The van der Waals surface area contributed by atoms with Gasteiger partial charge in [0.05, 0.1) is 11.1 Å². The molecule has 2 heterocycles. The second kappa shape index (κ2) is 5.64. The molecule has 0 aliphatic carbocycles. The Balaban J connectivity index is 1.88. The molecular weight excluding hydrogens is 302 g/mol. The van der Waals surface area contributed by atoms with Gasteiger partial charge < -0.3 is 0 Å². The van der Waals surface area contributed by atoms with Crippen molar-refractivity contribution in [3.63, 3.8) is 0 Å². The number of aromatic nitrogens is 5. The van der Waals surface area contributed by atoms with E-state index in [4.69, 9.17) is 0 Å². The lowest BCUT2D eigenvalue weighted by molar-refractivity contribution is 0.591. The van der Waals surface area contributed by atoms with Crippen LogP contribution in [0.5, 0.6) is 0 Å². The summed E-state index contributed by atoms with van der Waals surface area (Å²) in [5, 5.41) is 7.49. The highest BCUT2D eigenvalue weighted by molar-refractivity contribution is 7.91. The topological polar surface area (TPSA) is 90.6 Å². The first-order valence-electron chi connectivity index (χ1n) is 6.53. The molecular formula is C14H13N5O2S. The highest BCUT2D eigenvalue weighted by atomic mass is 32.2. The van der Waals surface area contributed by atoms with Crippen LogP contribution in [0.25, 0.3) is 0 Å². The number of aryl methyl sites for hydroxylation is 1. The van der Waals surface area contributed by atoms with E-state index in [0.717, 1.165) is 5.56 Å². The van der Waals surface area contributed by atoms with Crippen molar-refractivity contribution in [2.75, 3.05) is 0 Å². The summed E-state index contributed by atoms with van der Waals surface area (Å²) in [5.41, 5.74) is 0.990. The number of hydrogen-bond acceptors (Lipinski definition) is 6. The van der Waals surface area contributed by atoms with Crippen molar-refractivity contribution in [3.8, 4) is 0 Å². The Bertz CT molecular complexity index is 873. The molecule has 3 aromatic rings. The van der Waals surface area contributed by atoms with Gasteiger partial charge in [-0.3, -0.25) is 0 Å². The Hall–Kier alpha value is -2.61. The molecule has 0 atom stereocenters. The van der Waals surface area contributed by atoms with E-state index >= 15 is 0 Å². The van der Waals surface area contributed by atoms with E-state index < -0.39 is 9.84 Å². The van der Waals surface area contributed by atoms with E-state index in [1.807, 2.05) is 6.92 Å². The van der Waals surface area contributed by atoms with Crippen molar-refractivity contribution in [3.05, 3.63) is 60.3 Å². The lowest BCUT2D eigenvalue weighted by Gasteiger charge is -2.01. The van der Waals surface area contributed by atoms with E-state index in [9.17, 15) is 8.42 Å². The van der Waals surface area contributed by atoms with Gasteiger partial charge in [-0.15, -0.1) is 5.10 Å². The maximum absolute atomic E-state index is 12.5. The molecule has 1 aromatic carbocycles. The summed E-state index contributed by atoms with van der Waals surface area (Å²) in [6.07, 6.45) is 4.61. The predicted octanol–water partition coefficient (Wildman–Crippen LogP) is 1.26. The van der Waals surface area contributed by atoms with Crippen LogP contribution in [0.15, 0.2) is 58.8 Å². The van der Waals surface area contributed by atoms with Gasteiger partial charge >= 0.3 is 0 Å². The summed E-state index contributed by atoms with van der Waals surface area (Å²) in [4.78, 5) is 8.32. The third kappa shape index (κ3) is 2.86. The molecule has 0 saturated heterocycles. The molecule has 0 aliphatic rings. The third-order valence-corrected chi connectivity index (χ3v) is 4.68. The number of nitrogens with zero attached hydrogens (tertiary/aromatic N) is 5. The Morgan fingerprint density at radius 2 is 1.77 bits per heavy atom. The van der Waals surface area contributed by atoms with Gasteiger partial charge in [0, 0.05) is 12.4 Å². The van der Waals surface area contributed by atoms with Gasteiger partial charge in [-0.2, -0.15) is 0 Å². The quantitative estimate of drug-likeness (QED) is 0.720. The van der Waals surface area contributed by atoms with E-state index in [1.165, 1.54) is 10.9 Å². The molecule has 3 rings (SSSR count). The third-order valence-electron chi connectivity index (χ3n) is 3.05. The minimum atomic E-state index is -3.66. The molecule has 22 heavy (non-hydrogen) atoms. The molecule has 0 amide bonds. The summed E-state index contributed by atoms with van der Waals surface area (Å²) in [7, 11) is -3.66. The molecule has 112 valence electrons. The van der Waals surface area contributed by atoms with Gasteiger partial charge in [0.15, 0.2) is 0 Å². The molecule has 0 N–H and O–H groups in total. The maximum atomic E-state index is 12.5. The molecule has 7 nitrogen and oxygen atoms in total. The SMILES string of the molecule is Cc1ccc(S(=O)(=O)c2cn(Cc3ncccn3)nn2)cc1. The first-order valence-corrected chi connectivity index (χ1v) is 8.02. The van der Waals surface area contributed by atoms with Gasteiger partial charge in [0.2, 0.25) is 14.9 Å². The number of rotatable bonds is 4. The Morgan fingerprint density at radius 1 is 1.09 bits per heavy atom. The summed E-state index contributed by atoms with van der Waals surface area (Å²) in [6, 6.07) is 8.32. The van der Waals surface area contributed by atoms with Crippen molar-refractivity contribution >= 4 is 9.84 Å². The predicted molar refractivity (Wildman–Crippen MR) is 77.8 cm³/mol. The minimum absolute atomic E-state index is 0.0905. The smallest absolute Gasteiger partial charge is 0.227 e. The van der Waals surface area contributed by atoms with Gasteiger partial charge in [-0.05, 0) is 25.1 Å². The number of sulfone groups is 1. The molecule has 0 bridgehead atoms. The van der Waals surface area contributed by atoms with Crippen LogP contribution in [0, 0.1) is 6.92 Å². The molecule has 0 unspecified atom stereocenters. The van der Waals surface area contributed by atoms with Crippen LogP contribution in [0.4, 0.5) is 0 Å². The van der Waals surface area contributed by atoms with Gasteiger partial charge in [-0.25, -0.2) is 23.1 Å². The first kappa shape index (κ1) is 14.3. The molecule has 0 spiro atoms. The van der Waals surface area contributed by atoms with Crippen LogP contribution < -0.4 is 0 Å². The Labute approximate surface area is 127 Å². The van der Waals surface area contributed by atoms with Crippen LogP contribution >= 0.6 is 0 Å². The molecule has 0 aliphatic heterocycles. The highest BCUT2D eigenvalue weighted by Crippen LogP contribution is 2.18. The zero-order chi connectivity index (χ0) is 15.6. The Kier molecular flexibility index (Phi) is 3.68. The standard InChI is InChI=1S/C14H13N5O2S/c1-11-3-5-12(6-4-11)22(20,21)14-10-19(18-17-14)9-13-15-7-2-8-16-13/h2-8,10H,9H2,1H3. The summed E-state index contributed by atoms with van der Waals surface area (Å²) < 4.78 is 26.3. The average Bonchev–Trinajstić information content (AvgIpc) is 2.98. The first-order chi connectivity index (χ1) is 10.6. The van der Waals surface area contributed by atoms with Crippen LogP contribution in [0.1, 0.15) is 11.4 Å². The van der Waals surface area contributed by atoms with Crippen molar-refractivity contribution < 1.29 is 8.42 Å². The normalized spacial score (nSPS) is 11.5.